The Morgan fingerprint density at radius 1 is 1.36 bits per heavy atom. The summed E-state index contributed by atoms with van der Waals surface area (Å²) in [6.07, 6.45) is 18.4. The SMILES string of the molecule is C=C(/C=C\C(=C/C)C1N=CCC=CN1)CCCN(CCC)C(=C)CN1CCC(N)(CC=O)C1. The molecule has 2 aliphatic heterocycles. The number of nitrogens with two attached hydrogens (primary N) is 1. The Kier molecular flexibility index (Phi) is 11.3. The Morgan fingerprint density at radius 3 is 2.91 bits per heavy atom. The lowest BCUT2D eigenvalue weighted by atomic mass is 9.97. The van der Waals surface area contributed by atoms with Crippen LogP contribution in [-0.4, -0.2) is 66.7 Å². The number of hydrogen-bond donors (Lipinski definition) is 2. The Labute approximate surface area is 200 Å². The first-order valence-electron chi connectivity index (χ1n) is 12.2. The molecule has 182 valence electrons. The van der Waals surface area contributed by atoms with Gasteiger partial charge >= 0.3 is 0 Å². The van der Waals surface area contributed by atoms with E-state index in [1.807, 2.05) is 19.3 Å². The number of likely N-dealkylation sites (tertiary alicyclic amines) is 1. The van der Waals surface area contributed by atoms with E-state index in [4.69, 9.17) is 5.73 Å². The van der Waals surface area contributed by atoms with Crippen molar-refractivity contribution in [2.75, 3.05) is 32.7 Å². The fourth-order valence-corrected chi connectivity index (χ4v) is 4.33. The number of allylic oxidation sites excluding steroid dienone is 4. The summed E-state index contributed by atoms with van der Waals surface area (Å²) in [5.74, 6) is 0. The maximum absolute atomic E-state index is 10.9. The normalized spacial score (nSPS) is 23.5. The molecule has 0 spiro atoms. The largest absolute Gasteiger partial charge is 0.374 e. The molecule has 0 amide bonds. The van der Waals surface area contributed by atoms with E-state index in [-0.39, 0.29) is 11.7 Å². The van der Waals surface area contributed by atoms with Crippen LogP contribution in [0.4, 0.5) is 0 Å². The van der Waals surface area contributed by atoms with Crippen molar-refractivity contribution >= 4 is 12.5 Å². The van der Waals surface area contributed by atoms with Gasteiger partial charge in [0.15, 0.2) is 0 Å². The Bertz CT molecular complexity index is 781. The van der Waals surface area contributed by atoms with Gasteiger partial charge in [-0.15, -0.1) is 0 Å². The molecule has 6 heteroatoms. The van der Waals surface area contributed by atoms with Crippen LogP contribution in [0.1, 0.15) is 52.4 Å². The van der Waals surface area contributed by atoms with Gasteiger partial charge in [0.2, 0.25) is 0 Å². The summed E-state index contributed by atoms with van der Waals surface area (Å²) in [4.78, 5) is 20.2. The maximum Gasteiger partial charge on any atom is 0.143 e. The predicted molar refractivity (Wildman–Crippen MR) is 140 cm³/mol. The van der Waals surface area contributed by atoms with E-state index in [0.717, 1.165) is 88.0 Å². The Hall–Kier alpha value is -2.44. The highest BCUT2D eigenvalue weighted by atomic mass is 16.1. The van der Waals surface area contributed by atoms with Gasteiger partial charge in [-0.2, -0.15) is 0 Å². The minimum atomic E-state index is -0.374. The smallest absolute Gasteiger partial charge is 0.143 e. The lowest BCUT2D eigenvalue weighted by molar-refractivity contribution is -0.108. The monoisotopic (exact) mass is 453 g/mol. The number of rotatable bonds is 14. The van der Waals surface area contributed by atoms with E-state index >= 15 is 0 Å². The third-order valence-corrected chi connectivity index (χ3v) is 6.26. The summed E-state index contributed by atoms with van der Waals surface area (Å²) in [5.41, 5.74) is 9.36. The fraction of sp³-hybridized carbons (Fsp3) is 0.556. The molecular weight excluding hydrogens is 410 g/mol. The molecule has 0 aliphatic carbocycles. The van der Waals surface area contributed by atoms with Crippen molar-refractivity contribution in [3.05, 3.63) is 60.5 Å². The Morgan fingerprint density at radius 2 is 2.18 bits per heavy atom. The van der Waals surface area contributed by atoms with Crippen molar-refractivity contribution in [2.24, 2.45) is 10.7 Å². The average Bonchev–Trinajstić information content (AvgIpc) is 2.98. The number of carbonyl (C=O) groups is 1. The van der Waals surface area contributed by atoms with Crippen LogP contribution in [0.3, 0.4) is 0 Å². The van der Waals surface area contributed by atoms with Crippen LogP contribution in [0.25, 0.3) is 0 Å². The van der Waals surface area contributed by atoms with Crippen LogP contribution in [0.5, 0.6) is 0 Å². The first-order valence-corrected chi connectivity index (χ1v) is 12.2. The molecule has 2 unspecified atom stereocenters. The summed E-state index contributed by atoms with van der Waals surface area (Å²) in [6, 6.07) is 0. The van der Waals surface area contributed by atoms with E-state index in [2.05, 4.69) is 64.5 Å². The molecule has 2 atom stereocenters. The molecule has 3 N–H and O–H groups in total. The number of nitrogens with zero attached hydrogens (tertiary/aromatic N) is 3. The lowest BCUT2D eigenvalue weighted by Crippen LogP contribution is -2.43. The number of nitrogens with one attached hydrogen (secondary N) is 1. The second-order valence-electron chi connectivity index (χ2n) is 9.17. The molecule has 33 heavy (non-hydrogen) atoms. The van der Waals surface area contributed by atoms with Crippen LogP contribution in [0.15, 0.2) is 65.5 Å². The molecular formula is C27H43N5O. The number of aliphatic imine (C=N–C) groups is 1. The van der Waals surface area contributed by atoms with Crippen molar-refractivity contribution in [3.63, 3.8) is 0 Å². The molecule has 2 aliphatic rings. The van der Waals surface area contributed by atoms with Crippen LogP contribution in [-0.2, 0) is 4.79 Å². The summed E-state index contributed by atoms with van der Waals surface area (Å²) in [6.45, 7) is 17.3. The van der Waals surface area contributed by atoms with Crippen molar-refractivity contribution < 1.29 is 4.79 Å². The number of carbonyl (C=O) groups excluding carboxylic acids is 1. The predicted octanol–water partition coefficient (Wildman–Crippen LogP) is 3.95. The summed E-state index contributed by atoms with van der Waals surface area (Å²) >= 11 is 0. The maximum atomic E-state index is 10.9. The van der Waals surface area contributed by atoms with Gasteiger partial charge in [0.25, 0.3) is 0 Å². The zero-order valence-corrected chi connectivity index (χ0v) is 20.6. The van der Waals surface area contributed by atoms with E-state index in [1.54, 1.807) is 0 Å². The zero-order valence-electron chi connectivity index (χ0n) is 20.6. The van der Waals surface area contributed by atoms with Gasteiger partial charge in [0.1, 0.15) is 12.5 Å². The third-order valence-electron chi connectivity index (χ3n) is 6.26. The second-order valence-corrected chi connectivity index (χ2v) is 9.17. The molecule has 0 aromatic rings. The third kappa shape index (κ3) is 9.14. The summed E-state index contributed by atoms with van der Waals surface area (Å²) in [7, 11) is 0. The molecule has 0 radical (unpaired) electrons. The highest BCUT2D eigenvalue weighted by Crippen LogP contribution is 2.23. The molecule has 0 bridgehead atoms. The fourth-order valence-electron chi connectivity index (χ4n) is 4.33. The lowest BCUT2D eigenvalue weighted by Gasteiger charge is -2.30. The van der Waals surface area contributed by atoms with E-state index in [9.17, 15) is 4.79 Å². The topological polar surface area (TPSA) is 74.0 Å². The minimum Gasteiger partial charge on any atom is -0.374 e. The number of aldehydes is 1. The van der Waals surface area contributed by atoms with Crippen LogP contribution in [0.2, 0.25) is 0 Å². The molecule has 2 heterocycles. The van der Waals surface area contributed by atoms with E-state index in [1.165, 1.54) is 0 Å². The van der Waals surface area contributed by atoms with Gasteiger partial charge in [-0.05, 0) is 44.4 Å². The standard InChI is InChI=1S/C27H43N5O/c1-5-17-32(24(4)21-31-19-13-27(28,22-31)14-20-33)18-9-10-23(3)11-12-25(6-2)26-29-15-7-8-16-30-26/h6-7,11-12,15-16,20,26,29H,3-5,8-10,13-14,17-19,21-22,28H2,1-2H3/b12-11-,25-6+. The van der Waals surface area contributed by atoms with Crippen molar-refractivity contribution in [1.29, 1.82) is 0 Å². The van der Waals surface area contributed by atoms with Crippen molar-refractivity contribution in [1.82, 2.24) is 15.1 Å². The van der Waals surface area contributed by atoms with Gasteiger partial charge in [0.05, 0.1) is 0 Å². The summed E-state index contributed by atoms with van der Waals surface area (Å²) in [5, 5.41) is 3.31. The average molecular weight is 454 g/mol. The van der Waals surface area contributed by atoms with Gasteiger partial charge in [-0.25, -0.2) is 0 Å². The second kappa shape index (κ2) is 14.0. The quantitative estimate of drug-likeness (QED) is 0.308. The molecule has 0 aromatic heterocycles. The molecule has 1 fully saturated rings. The molecule has 1 saturated heterocycles. The highest BCUT2D eigenvalue weighted by Gasteiger charge is 2.34. The molecule has 0 aromatic carbocycles. The molecule has 0 saturated carbocycles. The van der Waals surface area contributed by atoms with E-state index < -0.39 is 0 Å². The van der Waals surface area contributed by atoms with Crippen LogP contribution < -0.4 is 11.1 Å². The van der Waals surface area contributed by atoms with Gasteiger partial charge in [-0.1, -0.05) is 50.0 Å². The van der Waals surface area contributed by atoms with E-state index in [0.29, 0.717) is 6.42 Å². The zero-order chi connectivity index (χ0) is 24.1. The number of hydrogen-bond acceptors (Lipinski definition) is 6. The molecule has 2 rings (SSSR count). The van der Waals surface area contributed by atoms with Gasteiger partial charge in [0, 0.05) is 63.0 Å². The Balaban J connectivity index is 1.80. The minimum absolute atomic E-state index is 0.0365. The van der Waals surface area contributed by atoms with Crippen LogP contribution in [0, 0.1) is 0 Å². The summed E-state index contributed by atoms with van der Waals surface area (Å²) < 4.78 is 0. The van der Waals surface area contributed by atoms with Gasteiger partial charge in [-0.3, -0.25) is 9.89 Å². The molecule has 6 nitrogen and oxygen atoms in total. The van der Waals surface area contributed by atoms with Crippen LogP contribution >= 0.6 is 0 Å². The van der Waals surface area contributed by atoms with Gasteiger partial charge < -0.3 is 20.7 Å². The van der Waals surface area contributed by atoms with Crippen molar-refractivity contribution in [2.45, 2.75) is 64.1 Å². The van der Waals surface area contributed by atoms with Crippen molar-refractivity contribution in [3.8, 4) is 0 Å². The first-order chi connectivity index (χ1) is 15.9. The first kappa shape index (κ1) is 26.8. The highest BCUT2D eigenvalue weighted by molar-refractivity contribution is 5.60.